The summed E-state index contributed by atoms with van der Waals surface area (Å²) in [5, 5.41) is 2.34. The number of nitrogens with zero attached hydrogens (tertiary/aromatic N) is 3. The number of carbonyl (C=O) groups is 5. The van der Waals surface area contributed by atoms with Gasteiger partial charge in [-0.2, -0.15) is 0 Å². The summed E-state index contributed by atoms with van der Waals surface area (Å²) in [6.07, 6.45) is 0.568. The second-order valence-electron chi connectivity index (χ2n) is 8.64. The average molecular weight is 413 g/mol. The molecular weight excluding hydrogens is 390 g/mol. The molecule has 4 rings (SSSR count). The van der Waals surface area contributed by atoms with Crippen molar-refractivity contribution in [3.05, 3.63) is 35.4 Å². The lowest BCUT2D eigenvalue weighted by atomic mass is 10.0. The van der Waals surface area contributed by atoms with Crippen molar-refractivity contribution < 1.29 is 28.7 Å². The fraction of sp³-hybridized carbons (Fsp3) is 0.476. The SMILES string of the molecule is CC(C)(C)OC(=O)C1CCCN2C(=O)C[C@H](N3C(=O)c4ccccc4C3=O)C(=O)N12. The van der Waals surface area contributed by atoms with Gasteiger partial charge in [0.25, 0.3) is 17.7 Å². The number of hydrogen-bond donors (Lipinski definition) is 0. The first kappa shape index (κ1) is 20.1. The molecule has 9 nitrogen and oxygen atoms in total. The van der Waals surface area contributed by atoms with Crippen molar-refractivity contribution in [2.24, 2.45) is 0 Å². The second-order valence-corrected chi connectivity index (χ2v) is 8.64. The lowest BCUT2D eigenvalue weighted by Crippen LogP contribution is -2.69. The minimum atomic E-state index is -1.29. The van der Waals surface area contributed by atoms with Crippen LogP contribution in [-0.4, -0.2) is 68.7 Å². The summed E-state index contributed by atoms with van der Waals surface area (Å²) in [6, 6.07) is 4.03. The molecule has 0 saturated carbocycles. The molecule has 30 heavy (non-hydrogen) atoms. The van der Waals surface area contributed by atoms with Gasteiger partial charge in [-0.25, -0.2) is 9.80 Å². The molecular formula is C21H23N3O6. The Morgan fingerprint density at radius 3 is 2.20 bits per heavy atom. The molecule has 1 aromatic carbocycles. The van der Waals surface area contributed by atoms with Crippen LogP contribution in [-0.2, 0) is 19.1 Å². The predicted molar refractivity (Wildman–Crippen MR) is 103 cm³/mol. The third kappa shape index (κ3) is 3.14. The Labute approximate surface area is 173 Å². The fourth-order valence-electron chi connectivity index (χ4n) is 4.14. The third-order valence-corrected chi connectivity index (χ3v) is 5.39. The molecule has 9 heteroatoms. The van der Waals surface area contributed by atoms with E-state index < -0.39 is 47.3 Å². The summed E-state index contributed by atoms with van der Waals surface area (Å²) in [6.45, 7) is 5.45. The zero-order valence-corrected chi connectivity index (χ0v) is 17.1. The maximum absolute atomic E-state index is 13.4. The van der Waals surface area contributed by atoms with E-state index in [4.69, 9.17) is 4.74 Å². The van der Waals surface area contributed by atoms with Gasteiger partial charge >= 0.3 is 5.97 Å². The van der Waals surface area contributed by atoms with Crippen molar-refractivity contribution in [3.63, 3.8) is 0 Å². The Hall–Kier alpha value is -3.23. The Morgan fingerprint density at radius 1 is 1.03 bits per heavy atom. The van der Waals surface area contributed by atoms with Gasteiger partial charge in [0, 0.05) is 6.54 Å². The summed E-state index contributed by atoms with van der Waals surface area (Å²) in [5.74, 6) is -2.87. The molecule has 3 aliphatic heterocycles. The van der Waals surface area contributed by atoms with Gasteiger partial charge < -0.3 is 4.74 Å². The first-order valence-electron chi connectivity index (χ1n) is 9.93. The van der Waals surface area contributed by atoms with Crippen LogP contribution >= 0.6 is 0 Å². The number of rotatable bonds is 2. The van der Waals surface area contributed by atoms with Crippen LogP contribution in [0.15, 0.2) is 24.3 Å². The van der Waals surface area contributed by atoms with E-state index in [1.807, 2.05) is 0 Å². The summed E-state index contributed by atoms with van der Waals surface area (Å²) >= 11 is 0. The van der Waals surface area contributed by atoms with Gasteiger partial charge in [0.05, 0.1) is 17.5 Å². The molecule has 0 aromatic heterocycles. The number of imide groups is 1. The van der Waals surface area contributed by atoms with Crippen molar-refractivity contribution in [1.82, 2.24) is 14.9 Å². The number of carbonyl (C=O) groups excluding carboxylic acids is 5. The summed E-state index contributed by atoms with van der Waals surface area (Å²) in [4.78, 5) is 65.5. The zero-order valence-electron chi connectivity index (χ0n) is 17.1. The second kappa shape index (κ2) is 6.93. The van der Waals surface area contributed by atoms with E-state index in [9.17, 15) is 24.0 Å². The Kier molecular flexibility index (Phi) is 4.63. The number of amides is 4. The largest absolute Gasteiger partial charge is 0.458 e. The van der Waals surface area contributed by atoms with Gasteiger partial charge in [-0.3, -0.25) is 29.1 Å². The Morgan fingerprint density at radius 2 is 1.63 bits per heavy atom. The van der Waals surface area contributed by atoms with E-state index in [2.05, 4.69) is 0 Å². The molecule has 0 N–H and O–H groups in total. The fourth-order valence-corrected chi connectivity index (χ4v) is 4.14. The molecule has 0 spiro atoms. The van der Waals surface area contributed by atoms with Crippen molar-refractivity contribution >= 4 is 29.6 Å². The zero-order chi connectivity index (χ0) is 21.8. The van der Waals surface area contributed by atoms with Crippen LogP contribution in [0.25, 0.3) is 0 Å². The van der Waals surface area contributed by atoms with Crippen molar-refractivity contribution in [2.75, 3.05) is 6.54 Å². The summed E-state index contributed by atoms with van der Waals surface area (Å²) in [5.41, 5.74) is -0.357. The predicted octanol–water partition coefficient (Wildman–Crippen LogP) is 1.13. The maximum Gasteiger partial charge on any atom is 0.331 e. The molecule has 2 fully saturated rings. The molecule has 158 valence electrons. The van der Waals surface area contributed by atoms with Crippen molar-refractivity contribution in [1.29, 1.82) is 0 Å². The number of benzene rings is 1. The van der Waals surface area contributed by atoms with E-state index in [0.717, 1.165) is 9.91 Å². The van der Waals surface area contributed by atoms with Crippen LogP contribution in [0.4, 0.5) is 0 Å². The van der Waals surface area contributed by atoms with E-state index in [1.165, 1.54) is 17.1 Å². The van der Waals surface area contributed by atoms with E-state index >= 15 is 0 Å². The number of esters is 1. The van der Waals surface area contributed by atoms with E-state index in [0.29, 0.717) is 19.4 Å². The van der Waals surface area contributed by atoms with Crippen molar-refractivity contribution in [3.8, 4) is 0 Å². The van der Waals surface area contributed by atoms with Gasteiger partial charge in [0.15, 0.2) is 6.04 Å². The molecule has 1 aromatic rings. The van der Waals surface area contributed by atoms with Gasteiger partial charge in [-0.15, -0.1) is 0 Å². The molecule has 0 bridgehead atoms. The quantitative estimate of drug-likeness (QED) is 0.532. The minimum Gasteiger partial charge on any atom is -0.458 e. The number of hydrazine groups is 1. The maximum atomic E-state index is 13.4. The first-order valence-corrected chi connectivity index (χ1v) is 9.93. The third-order valence-electron chi connectivity index (χ3n) is 5.39. The molecule has 1 unspecified atom stereocenters. The van der Waals surface area contributed by atoms with Crippen LogP contribution in [0.2, 0.25) is 0 Å². The highest BCUT2D eigenvalue weighted by molar-refractivity contribution is 6.23. The number of ether oxygens (including phenoxy) is 1. The number of fused-ring (bicyclic) bond motifs is 2. The average Bonchev–Trinajstić information content (AvgIpc) is 2.94. The molecule has 2 saturated heterocycles. The van der Waals surface area contributed by atoms with Crippen molar-refractivity contribution in [2.45, 2.75) is 57.7 Å². The molecule has 0 radical (unpaired) electrons. The van der Waals surface area contributed by atoms with Crippen LogP contribution < -0.4 is 0 Å². The monoisotopic (exact) mass is 413 g/mol. The van der Waals surface area contributed by atoms with Crippen LogP contribution in [0, 0.1) is 0 Å². The van der Waals surface area contributed by atoms with Crippen LogP contribution in [0.3, 0.4) is 0 Å². The Bertz CT molecular complexity index is 931. The topological polar surface area (TPSA) is 104 Å². The lowest BCUT2D eigenvalue weighted by Gasteiger charge is -2.48. The van der Waals surface area contributed by atoms with Gasteiger partial charge in [-0.1, -0.05) is 12.1 Å². The minimum absolute atomic E-state index is 0.201. The van der Waals surface area contributed by atoms with Gasteiger partial charge in [0.2, 0.25) is 5.91 Å². The van der Waals surface area contributed by atoms with Gasteiger partial charge in [-0.05, 0) is 45.7 Å². The molecule has 4 amide bonds. The van der Waals surface area contributed by atoms with E-state index in [1.54, 1.807) is 32.9 Å². The summed E-state index contributed by atoms with van der Waals surface area (Å²) in [7, 11) is 0. The lowest BCUT2D eigenvalue weighted by molar-refractivity contribution is -0.197. The van der Waals surface area contributed by atoms with Crippen LogP contribution in [0.1, 0.15) is 60.7 Å². The molecule has 2 atom stereocenters. The van der Waals surface area contributed by atoms with Gasteiger partial charge in [0.1, 0.15) is 11.6 Å². The standard InChI is InChI=1S/C21H23N3O6/c1-21(2,3)30-20(29)14-9-6-10-22-16(25)11-15(19(28)24(14)22)23-17(26)12-7-4-5-8-13(12)18(23)27/h4-5,7-8,14-15H,6,9-11H2,1-3H3/t14?,15-/m0/s1. The highest BCUT2D eigenvalue weighted by Gasteiger charge is 2.53. The highest BCUT2D eigenvalue weighted by atomic mass is 16.6. The van der Waals surface area contributed by atoms with E-state index in [-0.39, 0.29) is 17.5 Å². The first-order chi connectivity index (χ1) is 14.1. The molecule has 0 aliphatic carbocycles. The Balaban J connectivity index is 1.66. The summed E-state index contributed by atoms with van der Waals surface area (Å²) < 4.78 is 5.45. The van der Waals surface area contributed by atoms with Crippen LogP contribution in [0.5, 0.6) is 0 Å². The smallest absolute Gasteiger partial charge is 0.331 e. The molecule has 3 aliphatic rings. The number of hydrogen-bond acceptors (Lipinski definition) is 6. The normalized spacial score (nSPS) is 24.2. The highest BCUT2D eigenvalue weighted by Crippen LogP contribution is 2.32. The molecule has 3 heterocycles.